The van der Waals surface area contributed by atoms with Crippen LogP contribution in [0.2, 0.25) is 0 Å². The fourth-order valence-corrected chi connectivity index (χ4v) is 3.92. The van der Waals surface area contributed by atoms with Crippen LogP contribution in [0.5, 0.6) is 5.75 Å². The van der Waals surface area contributed by atoms with Crippen LogP contribution in [-0.2, 0) is 26.1 Å². The number of carbonyl (C=O) groups excluding carboxylic acids is 1. The molecule has 1 fully saturated rings. The van der Waals surface area contributed by atoms with Gasteiger partial charge in [-0.15, -0.1) is 0 Å². The molecule has 0 aliphatic carbocycles. The largest absolute Gasteiger partial charge is 0.492 e. The molecule has 0 bridgehead atoms. The molecule has 1 aromatic carbocycles. The maximum absolute atomic E-state index is 12.4. The van der Waals surface area contributed by atoms with Gasteiger partial charge in [0.2, 0.25) is 15.9 Å². The van der Waals surface area contributed by atoms with Gasteiger partial charge in [0.15, 0.2) is 0 Å². The van der Waals surface area contributed by atoms with Gasteiger partial charge in [0.25, 0.3) is 5.56 Å². The number of pyridine rings is 1. The van der Waals surface area contributed by atoms with Crippen LogP contribution in [0.4, 0.5) is 0 Å². The molecule has 10 heteroatoms. The van der Waals surface area contributed by atoms with Gasteiger partial charge in [-0.05, 0) is 35.7 Å². The number of ether oxygens (including phenoxy) is 2. The summed E-state index contributed by atoms with van der Waals surface area (Å²) >= 11 is 0. The number of nitrogens with zero attached hydrogens (tertiary/aromatic N) is 2. The predicted octanol–water partition coefficient (Wildman–Crippen LogP) is 1.08. The zero-order valence-corrected chi connectivity index (χ0v) is 19.0. The van der Waals surface area contributed by atoms with Crippen molar-refractivity contribution < 1.29 is 22.7 Å². The molecule has 174 valence electrons. The smallest absolute Gasteiger partial charge is 0.251 e. The maximum atomic E-state index is 12.4. The first-order valence-electron chi connectivity index (χ1n) is 10.5. The van der Waals surface area contributed by atoms with Crippen molar-refractivity contribution in [3.8, 4) is 16.9 Å². The van der Waals surface area contributed by atoms with Crippen LogP contribution in [-0.4, -0.2) is 69.5 Å². The highest BCUT2D eigenvalue weighted by Gasteiger charge is 2.10. The highest BCUT2D eigenvalue weighted by Crippen LogP contribution is 2.21. The molecule has 1 saturated heterocycles. The van der Waals surface area contributed by atoms with E-state index in [9.17, 15) is 18.0 Å². The minimum atomic E-state index is -3.56. The Hall–Kier alpha value is -2.69. The first-order chi connectivity index (χ1) is 15.3. The second-order valence-corrected chi connectivity index (χ2v) is 9.42. The number of aromatic nitrogens is 1. The number of benzene rings is 1. The minimum absolute atomic E-state index is 0.0221. The summed E-state index contributed by atoms with van der Waals surface area (Å²) in [5.74, 6) is 0.201. The number of morpholine rings is 1. The van der Waals surface area contributed by atoms with Gasteiger partial charge in [0, 0.05) is 44.9 Å². The van der Waals surface area contributed by atoms with Crippen molar-refractivity contribution in [3.05, 3.63) is 52.9 Å². The molecule has 0 atom stereocenters. The van der Waals surface area contributed by atoms with Crippen LogP contribution >= 0.6 is 0 Å². The summed E-state index contributed by atoms with van der Waals surface area (Å²) in [4.78, 5) is 26.3. The summed E-state index contributed by atoms with van der Waals surface area (Å²) in [5.41, 5.74) is 1.51. The minimum Gasteiger partial charge on any atom is -0.492 e. The number of amides is 1. The van der Waals surface area contributed by atoms with Gasteiger partial charge in [-0.3, -0.25) is 19.2 Å². The van der Waals surface area contributed by atoms with Crippen molar-refractivity contribution in [1.82, 2.24) is 14.2 Å². The van der Waals surface area contributed by atoms with Crippen LogP contribution in [0, 0.1) is 0 Å². The molecule has 0 saturated carbocycles. The van der Waals surface area contributed by atoms with E-state index in [0.29, 0.717) is 19.6 Å². The highest BCUT2D eigenvalue weighted by atomic mass is 32.2. The molecule has 3 rings (SSSR count). The number of aryl methyl sites for hydroxylation is 1. The van der Waals surface area contributed by atoms with Crippen LogP contribution in [0.3, 0.4) is 0 Å². The van der Waals surface area contributed by atoms with Gasteiger partial charge in [-0.25, -0.2) is 8.42 Å². The summed E-state index contributed by atoms with van der Waals surface area (Å²) < 4.78 is 36.6. The number of hydrogen-bond donors (Lipinski definition) is 1. The molecule has 0 unspecified atom stereocenters. The molecule has 0 spiro atoms. The van der Waals surface area contributed by atoms with E-state index in [1.807, 2.05) is 35.1 Å². The Morgan fingerprint density at radius 3 is 2.47 bits per heavy atom. The van der Waals surface area contributed by atoms with Crippen molar-refractivity contribution in [3.63, 3.8) is 0 Å². The molecule has 32 heavy (non-hydrogen) atoms. The lowest BCUT2D eigenvalue weighted by atomic mass is 10.1. The van der Waals surface area contributed by atoms with Crippen LogP contribution in [0.25, 0.3) is 11.1 Å². The number of nitrogens with one attached hydrogen (secondary N) is 1. The fraction of sp³-hybridized carbons (Fsp3) is 0.455. The summed E-state index contributed by atoms with van der Waals surface area (Å²) in [5, 5.41) is 0. The van der Waals surface area contributed by atoms with Crippen LogP contribution in [0.15, 0.2) is 47.4 Å². The second kappa shape index (κ2) is 11.3. The van der Waals surface area contributed by atoms with E-state index in [1.54, 1.807) is 12.3 Å². The first kappa shape index (κ1) is 24.0. The van der Waals surface area contributed by atoms with Crippen molar-refractivity contribution in [2.24, 2.45) is 0 Å². The van der Waals surface area contributed by atoms with Crippen molar-refractivity contribution >= 4 is 15.9 Å². The summed E-state index contributed by atoms with van der Waals surface area (Å²) in [6.07, 6.45) is 2.99. The van der Waals surface area contributed by atoms with Gasteiger partial charge in [0.1, 0.15) is 12.4 Å². The third kappa shape index (κ3) is 7.77. The van der Waals surface area contributed by atoms with E-state index < -0.39 is 15.9 Å². The number of sulfonamides is 1. The van der Waals surface area contributed by atoms with Crippen LogP contribution in [0.1, 0.15) is 12.8 Å². The maximum Gasteiger partial charge on any atom is 0.251 e. The monoisotopic (exact) mass is 463 g/mol. The molecule has 0 radical (unpaired) electrons. The summed E-state index contributed by atoms with van der Waals surface area (Å²) in [7, 11) is -3.56. The first-order valence-corrected chi connectivity index (χ1v) is 12.4. The normalized spacial score (nSPS) is 14.8. The van der Waals surface area contributed by atoms with E-state index in [1.165, 1.54) is 4.57 Å². The molecular weight excluding hydrogens is 434 g/mol. The predicted molar refractivity (Wildman–Crippen MR) is 121 cm³/mol. The standard InChI is InChI=1S/C22H29N3O6S/c1-32(28,29)23-21(26)3-2-9-25-10-8-19(17-22(25)27)18-4-6-20(7-5-18)31-16-13-24-11-14-30-15-12-24/h4-8,10,17H,2-3,9,11-16H2,1H3,(H,23,26). The zero-order chi connectivity index (χ0) is 23.0. The lowest BCUT2D eigenvalue weighted by Gasteiger charge is -2.26. The van der Waals surface area contributed by atoms with E-state index in [0.717, 1.165) is 56.0 Å². The molecule has 1 amide bonds. The van der Waals surface area contributed by atoms with Gasteiger partial charge < -0.3 is 14.0 Å². The molecule has 1 aliphatic rings. The van der Waals surface area contributed by atoms with E-state index in [-0.39, 0.29) is 12.0 Å². The Morgan fingerprint density at radius 1 is 1.09 bits per heavy atom. The third-order valence-corrected chi connectivity index (χ3v) is 5.66. The Morgan fingerprint density at radius 2 is 1.81 bits per heavy atom. The lowest BCUT2D eigenvalue weighted by molar-refractivity contribution is -0.119. The molecule has 1 aliphatic heterocycles. The highest BCUT2D eigenvalue weighted by molar-refractivity contribution is 7.89. The molecule has 2 heterocycles. The average Bonchev–Trinajstić information content (AvgIpc) is 2.75. The zero-order valence-electron chi connectivity index (χ0n) is 18.2. The summed E-state index contributed by atoms with van der Waals surface area (Å²) in [6, 6.07) is 11.0. The van der Waals surface area contributed by atoms with Crippen LogP contribution < -0.4 is 15.0 Å². The quantitative estimate of drug-likeness (QED) is 0.562. The molecule has 1 aromatic heterocycles. The Balaban J connectivity index is 1.49. The Labute approximate surface area is 188 Å². The Bertz CT molecular complexity index is 1060. The number of carbonyl (C=O) groups is 1. The van der Waals surface area contributed by atoms with Gasteiger partial charge in [-0.2, -0.15) is 0 Å². The SMILES string of the molecule is CS(=O)(=O)NC(=O)CCCn1ccc(-c2ccc(OCCN3CCOCC3)cc2)cc1=O. The molecule has 2 aromatic rings. The van der Waals surface area contributed by atoms with Crippen molar-refractivity contribution in [2.45, 2.75) is 19.4 Å². The molecule has 9 nitrogen and oxygen atoms in total. The molecule has 1 N–H and O–H groups in total. The lowest BCUT2D eigenvalue weighted by Crippen LogP contribution is -2.38. The van der Waals surface area contributed by atoms with Gasteiger partial charge in [-0.1, -0.05) is 12.1 Å². The number of rotatable bonds is 10. The fourth-order valence-electron chi connectivity index (χ4n) is 3.40. The van der Waals surface area contributed by atoms with Gasteiger partial charge >= 0.3 is 0 Å². The van der Waals surface area contributed by atoms with E-state index in [4.69, 9.17) is 9.47 Å². The summed E-state index contributed by atoms with van der Waals surface area (Å²) in [6.45, 7) is 5.20. The third-order valence-electron chi connectivity index (χ3n) is 5.07. The van der Waals surface area contributed by atoms with E-state index >= 15 is 0 Å². The second-order valence-electron chi connectivity index (χ2n) is 7.67. The topological polar surface area (TPSA) is 107 Å². The average molecular weight is 464 g/mol. The van der Waals surface area contributed by atoms with Gasteiger partial charge in [0.05, 0.1) is 19.5 Å². The van der Waals surface area contributed by atoms with Crippen molar-refractivity contribution in [2.75, 3.05) is 45.7 Å². The Kier molecular flexibility index (Phi) is 8.43. The molecular formula is C22H29N3O6S. The van der Waals surface area contributed by atoms with Crippen molar-refractivity contribution in [1.29, 1.82) is 0 Å². The number of hydrogen-bond acceptors (Lipinski definition) is 7. The van der Waals surface area contributed by atoms with E-state index in [2.05, 4.69) is 4.90 Å².